The van der Waals surface area contributed by atoms with Crippen LogP contribution in [0.1, 0.15) is 5.56 Å². The van der Waals surface area contributed by atoms with E-state index in [1.54, 1.807) is 13.3 Å². The zero-order valence-electron chi connectivity index (χ0n) is 14.5. The van der Waals surface area contributed by atoms with E-state index < -0.39 is 0 Å². The van der Waals surface area contributed by atoms with Gasteiger partial charge in [0, 0.05) is 11.5 Å². The molecule has 4 rings (SSSR count). The highest BCUT2D eigenvalue weighted by Gasteiger charge is 2.10. The van der Waals surface area contributed by atoms with Crippen molar-refractivity contribution in [3.63, 3.8) is 0 Å². The summed E-state index contributed by atoms with van der Waals surface area (Å²) < 4.78 is 11.4. The number of aryl methyl sites for hydroxylation is 1. The van der Waals surface area contributed by atoms with E-state index in [9.17, 15) is 0 Å². The Morgan fingerprint density at radius 3 is 2.50 bits per heavy atom. The van der Waals surface area contributed by atoms with Gasteiger partial charge in [0.2, 0.25) is 5.88 Å². The van der Waals surface area contributed by atoms with E-state index in [-0.39, 0.29) is 0 Å². The van der Waals surface area contributed by atoms with Gasteiger partial charge in [-0.1, -0.05) is 17.7 Å². The monoisotopic (exact) mass is 346 g/mol. The molecule has 0 unspecified atom stereocenters. The van der Waals surface area contributed by atoms with Crippen molar-refractivity contribution in [3.05, 3.63) is 66.4 Å². The van der Waals surface area contributed by atoms with Crippen molar-refractivity contribution in [1.29, 1.82) is 0 Å². The molecule has 0 aliphatic carbocycles. The highest BCUT2D eigenvalue weighted by Crippen LogP contribution is 2.33. The van der Waals surface area contributed by atoms with Crippen LogP contribution in [0.2, 0.25) is 0 Å². The fourth-order valence-corrected chi connectivity index (χ4v) is 2.65. The van der Waals surface area contributed by atoms with E-state index in [4.69, 9.17) is 9.47 Å². The standard InChI is InChI=1S/C20H18N4O2/c1-13-3-5-15(6-4-13)26-20-17-8-7-16(25-2)11-14(17)12-19(23-20)22-18-9-10-21-24-18/h3-12H,1-2H3,(H2,21,22,23,24). The number of methoxy groups -OCH3 is 1. The average molecular weight is 346 g/mol. The molecular formula is C20H18N4O2. The maximum absolute atomic E-state index is 6.06. The van der Waals surface area contributed by atoms with Crippen molar-refractivity contribution in [3.8, 4) is 17.4 Å². The van der Waals surface area contributed by atoms with Crippen LogP contribution in [-0.2, 0) is 0 Å². The Kier molecular flexibility index (Phi) is 4.15. The number of anilines is 2. The third-order valence-corrected chi connectivity index (χ3v) is 4.00. The van der Waals surface area contributed by atoms with E-state index >= 15 is 0 Å². The lowest BCUT2D eigenvalue weighted by molar-refractivity contribution is 0.415. The molecule has 0 aliphatic rings. The fraction of sp³-hybridized carbons (Fsp3) is 0.100. The van der Waals surface area contributed by atoms with Crippen LogP contribution in [0.3, 0.4) is 0 Å². The smallest absolute Gasteiger partial charge is 0.229 e. The summed E-state index contributed by atoms with van der Waals surface area (Å²) in [5.41, 5.74) is 1.18. The topological polar surface area (TPSA) is 72.1 Å². The van der Waals surface area contributed by atoms with Crippen molar-refractivity contribution in [2.45, 2.75) is 6.92 Å². The number of rotatable bonds is 5. The second-order valence-corrected chi connectivity index (χ2v) is 5.91. The summed E-state index contributed by atoms with van der Waals surface area (Å²) in [6.07, 6.45) is 1.68. The molecule has 2 N–H and O–H groups in total. The molecule has 0 saturated heterocycles. The van der Waals surface area contributed by atoms with Gasteiger partial charge in [0.15, 0.2) is 0 Å². The van der Waals surface area contributed by atoms with Gasteiger partial charge >= 0.3 is 0 Å². The Morgan fingerprint density at radius 2 is 1.77 bits per heavy atom. The molecule has 0 atom stereocenters. The van der Waals surface area contributed by atoms with Crippen LogP contribution in [0, 0.1) is 6.92 Å². The quantitative estimate of drug-likeness (QED) is 0.542. The molecular weight excluding hydrogens is 328 g/mol. The van der Waals surface area contributed by atoms with E-state index in [0.29, 0.717) is 11.7 Å². The van der Waals surface area contributed by atoms with E-state index in [2.05, 4.69) is 20.5 Å². The van der Waals surface area contributed by atoms with Crippen LogP contribution in [0.4, 0.5) is 11.6 Å². The van der Waals surface area contributed by atoms with E-state index in [1.165, 1.54) is 5.56 Å². The molecule has 0 aliphatic heterocycles. The lowest BCUT2D eigenvalue weighted by atomic mass is 10.1. The molecule has 6 nitrogen and oxygen atoms in total. The summed E-state index contributed by atoms with van der Waals surface area (Å²) in [5, 5.41) is 11.9. The number of hydrogen-bond donors (Lipinski definition) is 2. The number of fused-ring (bicyclic) bond motifs is 1. The molecule has 2 aromatic carbocycles. The second kappa shape index (κ2) is 6.76. The molecule has 6 heteroatoms. The van der Waals surface area contributed by atoms with Crippen LogP contribution in [0.25, 0.3) is 10.8 Å². The maximum atomic E-state index is 6.06. The van der Waals surface area contributed by atoms with Crippen LogP contribution >= 0.6 is 0 Å². The number of aromatic nitrogens is 3. The average Bonchev–Trinajstić information content (AvgIpc) is 3.16. The van der Waals surface area contributed by atoms with Gasteiger partial charge in [0.1, 0.15) is 23.1 Å². The predicted molar refractivity (Wildman–Crippen MR) is 101 cm³/mol. The van der Waals surface area contributed by atoms with Gasteiger partial charge in [0.25, 0.3) is 0 Å². The van der Waals surface area contributed by atoms with Crippen LogP contribution in [-0.4, -0.2) is 22.3 Å². The molecule has 0 saturated carbocycles. The summed E-state index contributed by atoms with van der Waals surface area (Å²) >= 11 is 0. The molecule has 0 radical (unpaired) electrons. The van der Waals surface area contributed by atoms with Crippen molar-refractivity contribution in [1.82, 2.24) is 15.2 Å². The first-order valence-corrected chi connectivity index (χ1v) is 8.21. The second-order valence-electron chi connectivity index (χ2n) is 5.91. The number of nitrogens with one attached hydrogen (secondary N) is 2. The zero-order chi connectivity index (χ0) is 17.9. The van der Waals surface area contributed by atoms with Crippen molar-refractivity contribution in [2.75, 3.05) is 12.4 Å². The number of hydrogen-bond acceptors (Lipinski definition) is 5. The minimum absolute atomic E-state index is 0.524. The Morgan fingerprint density at radius 1 is 0.962 bits per heavy atom. The highest BCUT2D eigenvalue weighted by atomic mass is 16.5. The minimum Gasteiger partial charge on any atom is -0.497 e. The van der Waals surface area contributed by atoms with Gasteiger partial charge in [0.05, 0.1) is 13.3 Å². The van der Waals surface area contributed by atoms with E-state index in [1.807, 2.05) is 61.5 Å². The number of pyridine rings is 1. The highest BCUT2D eigenvalue weighted by molar-refractivity contribution is 5.90. The number of nitrogens with zero attached hydrogens (tertiary/aromatic N) is 2. The molecule has 4 aromatic rings. The summed E-state index contributed by atoms with van der Waals surface area (Å²) in [7, 11) is 1.65. The van der Waals surface area contributed by atoms with Gasteiger partial charge in [-0.15, -0.1) is 0 Å². The lowest BCUT2D eigenvalue weighted by Crippen LogP contribution is -1.97. The van der Waals surface area contributed by atoms with Gasteiger partial charge in [-0.25, -0.2) is 0 Å². The van der Waals surface area contributed by atoms with Gasteiger partial charge in [-0.05, 0) is 48.7 Å². The van der Waals surface area contributed by atoms with Gasteiger partial charge in [-0.2, -0.15) is 10.1 Å². The zero-order valence-corrected chi connectivity index (χ0v) is 14.5. The fourth-order valence-electron chi connectivity index (χ4n) is 2.65. The SMILES string of the molecule is COc1ccc2c(Oc3ccc(C)cc3)nc(Nc3ccn[nH]3)cc2c1. The summed E-state index contributed by atoms with van der Waals surface area (Å²) in [4.78, 5) is 4.63. The van der Waals surface area contributed by atoms with Crippen LogP contribution in [0.5, 0.6) is 17.4 Å². The summed E-state index contributed by atoms with van der Waals surface area (Å²) in [6, 6.07) is 17.5. The molecule has 0 spiro atoms. The van der Waals surface area contributed by atoms with Crippen molar-refractivity contribution < 1.29 is 9.47 Å². The lowest BCUT2D eigenvalue weighted by Gasteiger charge is -2.12. The Balaban J connectivity index is 1.78. The first-order valence-electron chi connectivity index (χ1n) is 8.21. The minimum atomic E-state index is 0.524. The normalized spacial score (nSPS) is 10.7. The molecule has 0 amide bonds. The summed E-state index contributed by atoms with van der Waals surface area (Å²) in [6.45, 7) is 2.04. The molecule has 2 aromatic heterocycles. The van der Waals surface area contributed by atoms with Gasteiger partial charge in [-0.3, -0.25) is 5.10 Å². The Labute approximate surface area is 150 Å². The largest absolute Gasteiger partial charge is 0.497 e. The molecule has 130 valence electrons. The first-order chi connectivity index (χ1) is 12.7. The van der Waals surface area contributed by atoms with Crippen molar-refractivity contribution >= 4 is 22.4 Å². The molecule has 0 fully saturated rings. The van der Waals surface area contributed by atoms with Gasteiger partial charge < -0.3 is 14.8 Å². The molecule has 0 bridgehead atoms. The molecule has 2 heterocycles. The van der Waals surface area contributed by atoms with Crippen LogP contribution < -0.4 is 14.8 Å². The Bertz CT molecular complexity index is 1030. The molecule has 26 heavy (non-hydrogen) atoms. The third kappa shape index (κ3) is 3.30. The van der Waals surface area contributed by atoms with Crippen LogP contribution in [0.15, 0.2) is 60.8 Å². The van der Waals surface area contributed by atoms with Crippen molar-refractivity contribution in [2.24, 2.45) is 0 Å². The third-order valence-electron chi connectivity index (χ3n) is 4.00. The number of H-pyrrole nitrogens is 1. The predicted octanol–water partition coefficient (Wildman–Crippen LogP) is 4.81. The number of benzene rings is 2. The number of ether oxygens (including phenoxy) is 2. The number of aromatic amines is 1. The first kappa shape index (κ1) is 16.0. The van der Waals surface area contributed by atoms with E-state index in [0.717, 1.165) is 28.1 Å². The maximum Gasteiger partial charge on any atom is 0.229 e. The Hall–Kier alpha value is -3.54. The summed E-state index contributed by atoms with van der Waals surface area (Å²) in [5.74, 6) is 3.44.